The van der Waals surface area contributed by atoms with Gasteiger partial charge in [0.15, 0.2) is 36.2 Å². The van der Waals surface area contributed by atoms with Gasteiger partial charge in [0.2, 0.25) is 5.95 Å². The van der Waals surface area contributed by atoms with E-state index in [1.807, 2.05) is 0 Å². The molecule has 1 aromatic carbocycles. The lowest BCUT2D eigenvalue weighted by Gasteiger charge is -2.18. The maximum atomic E-state index is 14.0. The summed E-state index contributed by atoms with van der Waals surface area (Å²) in [5, 5.41) is 0.00412. The minimum atomic E-state index is -1.49. The van der Waals surface area contributed by atoms with Crippen molar-refractivity contribution in [3.8, 4) is 5.75 Å². The molecule has 0 radical (unpaired) electrons. The fraction of sp³-hybridized carbons (Fsp3) is 0.364. The zero-order valence-electron chi connectivity index (χ0n) is 19.6. The number of nitrogens with zero attached hydrogens (tertiary/aromatic N) is 3. The first-order valence-corrected chi connectivity index (χ1v) is 13.2. The summed E-state index contributed by atoms with van der Waals surface area (Å²) in [6.45, 7) is 4.56. The number of allylic oxidation sites excluding steroid dienone is 1. The first-order chi connectivity index (χ1) is 17.4. The highest BCUT2D eigenvalue weighted by Gasteiger charge is 2.14. The normalized spacial score (nSPS) is 12.1. The average Bonchev–Trinajstić information content (AvgIpc) is 3.25. The standard InChI is InChI=1S/C22H27FN5O6PS/c1-3-4-18(29)36-10-9-33-35(34-12-15-5-6-17(31-2)16(23)11-15)14-32-8-7-28-13-25-19-20(28)26-22(24)27-21(19)30/h3,5-6,11,13H,1,4,7-10,12,14H2,2H3,(H3,24,26,27,30). The lowest BCUT2D eigenvalue weighted by atomic mass is 10.2. The van der Waals surface area contributed by atoms with Gasteiger partial charge >= 0.3 is 0 Å². The second-order valence-electron chi connectivity index (χ2n) is 7.22. The van der Waals surface area contributed by atoms with E-state index in [0.29, 0.717) is 23.5 Å². The first kappa shape index (κ1) is 27.8. The number of methoxy groups -OCH3 is 1. The number of nitrogens with one attached hydrogen (secondary N) is 1. The van der Waals surface area contributed by atoms with Gasteiger partial charge < -0.3 is 28.8 Å². The van der Waals surface area contributed by atoms with Crippen LogP contribution in [0.2, 0.25) is 0 Å². The molecule has 0 saturated carbocycles. The summed E-state index contributed by atoms with van der Waals surface area (Å²) in [7, 11) is -0.0989. The van der Waals surface area contributed by atoms with E-state index >= 15 is 0 Å². The Morgan fingerprint density at radius 3 is 2.94 bits per heavy atom. The summed E-state index contributed by atoms with van der Waals surface area (Å²) in [5.41, 5.74) is 6.36. The molecule has 2 aromatic heterocycles. The number of anilines is 1. The number of imidazole rings is 1. The molecule has 3 rings (SSSR count). The fourth-order valence-electron chi connectivity index (χ4n) is 2.97. The average molecular weight is 540 g/mol. The van der Waals surface area contributed by atoms with E-state index in [1.54, 1.807) is 16.7 Å². The SMILES string of the molecule is C=CCC(=O)SCCOP(COCCn1cnc2c(=O)[nH]c(N)nc21)OCc1ccc(OC)c(F)c1. The molecule has 3 aromatic rings. The molecule has 0 saturated heterocycles. The van der Waals surface area contributed by atoms with E-state index in [4.69, 9.17) is 24.3 Å². The minimum Gasteiger partial charge on any atom is -0.494 e. The van der Waals surface area contributed by atoms with Crippen LogP contribution in [0.15, 0.2) is 42.0 Å². The highest BCUT2D eigenvalue weighted by Crippen LogP contribution is 2.39. The summed E-state index contributed by atoms with van der Waals surface area (Å²) in [4.78, 5) is 34.1. The molecule has 11 nitrogen and oxygen atoms in total. The van der Waals surface area contributed by atoms with Crippen LogP contribution in [0.1, 0.15) is 12.0 Å². The van der Waals surface area contributed by atoms with Crippen molar-refractivity contribution in [2.24, 2.45) is 0 Å². The second kappa shape index (κ2) is 14.0. The molecule has 14 heteroatoms. The quantitative estimate of drug-likeness (QED) is 0.168. The van der Waals surface area contributed by atoms with E-state index in [2.05, 4.69) is 21.5 Å². The van der Waals surface area contributed by atoms with Crippen molar-refractivity contribution in [1.82, 2.24) is 19.5 Å². The van der Waals surface area contributed by atoms with E-state index in [9.17, 15) is 14.0 Å². The first-order valence-electron chi connectivity index (χ1n) is 10.8. The molecular weight excluding hydrogens is 512 g/mol. The van der Waals surface area contributed by atoms with Crippen molar-refractivity contribution in [3.63, 3.8) is 0 Å². The highest BCUT2D eigenvalue weighted by molar-refractivity contribution is 8.13. The smallest absolute Gasteiger partial charge is 0.280 e. The molecular formula is C22H27FN5O6PS. The zero-order valence-corrected chi connectivity index (χ0v) is 21.4. The van der Waals surface area contributed by atoms with Crippen molar-refractivity contribution >= 4 is 42.4 Å². The third-order valence-corrected chi connectivity index (χ3v) is 6.79. The van der Waals surface area contributed by atoms with Crippen molar-refractivity contribution in [2.45, 2.75) is 19.6 Å². The van der Waals surface area contributed by atoms with Gasteiger partial charge in [-0.1, -0.05) is 23.9 Å². The Bertz CT molecular complexity index is 1240. The van der Waals surface area contributed by atoms with Crippen LogP contribution in [0.25, 0.3) is 11.2 Å². The monoisotopic (exact) mass is 539 g/mol. The number of nitrogen functional groups attached to an aromatic ring is 1. The number of hydrogen-bond donors (Lipinski definition) is 2. The fourth-order valence-corrected chi connectivity index (χ4v) is 4.81. The van der Waals surface area contributed by atoms with Crippen LogP contribution < -0.4 is 16.0 Å². The Hall–Kier alpha value is -2.83. The van der Waals surface area contributed by atoms with Gasteiger partial charge in [-0.25, -0.2) is 9.37 Å². The Balaban J connectivity index is 1.53. The molecule has 0 aliphatic rings. The van der Waals surface area contributed by atoms with Gasteiger partial charge in [-0.05, 0) is 17.7 Å². The molecule has 1 unspecified atom stereocenters. The van der Waals surface area contributed by atoms with Gasteiger partial charge in [-0.3, -0.25) is 14.6 Å². The number of carbonyl (C=O) groups excluding carboxylic acids is 1. The van der Waals surface area contributed by atoms with Gasteiger partial charge in [0.05, 0.1) is 33.3 Å². The number of halogens is 1. The molecule has 1 atom stereocenters. The Labute approximate surface area is 212 Å². The molecule has 0 bridgehead atoms. The molecule has 0 fully saturated rings. The summed E-state index contributed by atoms with van der Waals surface area (Å²) in [6, 6.07) is 4.56. The lowest BCUT2D eigenvalue weighted by Crippen LogP contribution is -2.13. The number of rotatable bonds is 15. The molecule has 0 aliphatic carbocycles. The predicted molar refractivity (Wildman–Crippen MR) is 136 cm³/mol. The third kappa shape index (κ3) is 8.10. The van der Waals surface area contributed by atoms with Gasteiger partial charge in [0.25, 0.3) is 5.56 Å². The Kier molecular flexibility index (Phi) is 10.8. The minimum absolute atomic E-state index is 0.0000930. The van der Waals surface area contributed by atoms with Crippen LogP contribution in [0.5, 0.6) is 5.75 Å². The molecule has 0 amide bonds. The number of nitrogens with two attached hydrogens (primary N) is 1. The number of fused-ring (bicyclic) bond motifs is 1. The van der Waals surface area contributed by atoms with Crippen LogP contribution in [0.3, 0.4) is 0 Å². The molecule has 194 valence electrons. The predicted octanol–water partition coefficient (Wildman–Crippen LogP) is 3.20. The number of ether oxygens (including phenoxy) is 2. The summed E-state index contributed by atoms with van der Waals surface area (Å²) in [5.74, 6) is 0.110. The molecule has 0 spiro atoms. The largest absolute Gasteiger partial charge is 0.494 e. The summed E-state index contributed by atoms with van der Waals surface area (Å²) in [6.07, 6.45) is 3.47. The van der Waals surface area contributed by atoms with Crippen LogP contribution in [0.4, 0.5) is 10.3 Å². The number of aromatic nitrogens is 4. The molecule has 3 N–H and O–H groups in total. The second-order valence-corrected chi connectivity index (χ2v) is 9.81. The number of aromatic amines is 1. The van der Waals surface area contributed by atoms with Crippen molar-refractivity contribution in [3.05, 3.63) is 58.9 Å². The van der Waals surface area contributed by atoms with Crippen LogP contribution in [-0.4, -0.2) is 57.1 Å². The summed E-state index contributed by atoms with van der Waals surface area (Å²) >= 11 is 1.15. The Morgan fingerprint density at radius 1 is 1.36 bits per heavy atom. The van der Waals surface area contributed by atoms with Crippen LogP contribution in [0, 0.1) is 5.82 Å². The third-order valence-electron chi connectivity index (χ3n) is 4.65. The number of H-pyrrole nitrogens is 1. The molecule has 36 heavy (non-hydrogen) atoms. The number of hydrogen-bond acceptors (Lipinski definition) is 10. The van der Waals surface area contributed by atoms with Gasteiger partial charge in [-0.15, -0.1) is 6.58 Å². The van der Waals surface area contributed by atoms with Gasteiger partial charge in [-0.2, -0.15) is 4.98 Å². The zero-order chi connectivity index (χ0) is 25.9. The van der Waals surface area contributed by atoms with Crippen LogP contribution in [-0.2, 0) is 31.7 Å². The van der Waals surface area contributed by atoms with E-state index in [-0.39, 0.29) is 54.9 Å². The van der Waals surface area contributed by atoms with E-state index < -0.39 is 19.8 Å². The van der Waals surface area contributed by atoms with E-state index in [0.717, 1.165) is 11.8 Å². The Morgan fingerprint density at radius 2 is 2.19 bits per heavy atom. The van der Waals surface area contributed by atoms with E-state index in [1.165, 1.54) is 25.6 Å². The molecule has 0 aliphatic heterocycles. The van der Waals surface area contributed by atoms with Gasteiger partial charge in [0, 0.05) is 18.7 Å². The highest BCUT2D eigenvalue weighted by atomic mass is 32.2. The number of benzene rings is 1. The van der Waals surface area contributed by atoms with Gasteiger partial charge in [0.1, 0.15) is 6.35 Å². The maximum Gasteiger partial charge on any atom is 0.280 e. The summed E-state index contributed by atoms with van der Waals surface area (Å²) < 4.78 is 38.0. The van der Waals surface area contributed by atoms with Crippen molar-refractivity contribution < 1.29 is 27.7 Å². The van der Waals surface area contributed by atoms with Crippen molar-refractivity contribution in [2.75, 3.05) is 38.2 Å². The maximum absolute atomic E-state index is 14.0. The topological polar surface area (TPSA) is 144 Å². The molecule has 2 heterocycles. The van der Waals surface area contributed by atoms with Crippen molar-refractivity contribution in [1.29, 1.82) is 0 Å². The lowest BCUT2D eigenvalue weighted by molar-refractivity contribution is -0.110. The number of carbonyl (C=O) groups is 1. The van der Waals surface area contributed by atoms with Crippen LogP contribution >= 0.6 is 20.1 Å². The number of thioether (sulfide) groups is 1.